The number of rotatable bonds is 6. The zero-order chi connectivity index (χ0) is 22.0. The predicted octanol–water partition coefficient (Wildman–Crippen LogP) is 2.98. The highest BCUT2D eigenvalue weighted by Gasteiger charge is 2.27. The van der Waals surface area contributed by atoms with Crippen LogP contribution in [0.25, 0.3) is 0 Å². The minimum Gasteiger partial charge on any atom is -0.452 e. The van der Waals surface area contributed by atoms with Crippen molar-refractivity contribution in [3.63, 3.8) is 0 Å². The number of esters is 1. The number of thiophene rings is 1. The van der Waals surface area contributed by atoms with Gasteiger partial charge >= 0.3 is 5.97 Å². The van der Waals surface area contributed by atoms with Crippen LogP contribution in [0.15, 0.2) is 18.2 Å². The lowest BCUT2D eigenvalue weighted by molar-refractivity contribution is -0.385. The molecule has 9 nitrogen and oxygen atoms in total. The number of fused-ring (bicyclic) bond motifs is 1. The number of nitro groups is 1. The van der Waals surface area contributed by atoms with Crippen molar-refractivity contribution >= 4 is 39.8 Å². The van der Waals surface area contributed by atoms with Crippen molar-refractivity contribution in [3.8, 4) is 0 Å². The molecule has 3 rings (SSSR count). The zero-order valence-corrected chi connectivity index (χ0v) is 17.3. The molecule has 0 spiro atoms. The van der Waals surface area contributed by atoms with Crippen molar-refractivity contribution in [2.24, 2.45) is 11.7 Å². The van der Waals surface area contributed by atoms with Crippen LogP contribution in [-0.4, -0.2) is 29.3 Å². The number of hydrogen-bond donors (Lipinski definition) is 2. The molecule has 1 atom stereocenters. The molecule has 1 aromatic heterocycles. The Morgan fingerprint density at radius 1 is 1.37 bits per heavy atom. The molecule has 1 aliphatic carbocycles. The van der Waals surface area contributed by atoms with Gasteiger partial charge in [-0.1, -0.05) is 13.0 Å². The highest BCUT2D eigenvalue weighted by molar-refractivity contribution is 7.17. The van der Waals surface area contributed by atoms with Crippen LogP contribution in [0.5, 0.6) is 0 Å². The van der Waals surface area contributed by atoms with Crippen LogP contribution in [0.1, 0.15) is 50.1 Å². The van der Waals surface area contributed by atoms with Crippen molar-refractivity contribution in [2.75, 3.05) is 11.9 Å². The van der Waals surface area contributed by atoms with E-state index >= 15 is 0 Å². The van der Waals surface area contributed by atoms with Crippen LogP contribution in [0.4, 0.5) is 10.7 Å². The van der Waals surface area contributed by atoms with Gasteiger partial charge in [0.15, 0.2) is 6.61 Å². The zero-order valence-electron chi connectivity index (χ0n) is 16.5. The Kier molecular flexibility index (Phi) is 6.16. The van der Waals surface area contributed by atoms with Crippen molar-refractivity contribution in [3.05, 3.63) is 55.4 Å². The molecule has 2 amide bonds. The van der Waals surface area contributed by atoms with Gasteiger partial charge in [0.25, 0.3) is 17.5 Å². The van der Waals surface area contributed by atoms with E-state index in [9.17, 15) is 24.5 Å². The first-order chi connectivity index (χ1) is 14.2. The second kappa shape index (κ2) is 8.62. The van der Waals surface area contributed by atoms with E-state index in [0.29, 0.717) is 16.5 Å². The van der Waals surface area contributed by atoms with E-state index in [-0.39, 0.29) is 16.8 Å². The van der Waals surface area contributed by atoms with Gasteiger partial charge in [0.2, 0.25) is 0 Å². The molecule has 158 valence electrons. The van der Waals surface area contributed by atoms with E-state index in [1.165, 1.54) is 36.5 Å². The van der Waals surface area contributed by atoms with E-state index < -0.39 is 29.3 Å². The maximum atomic E-state index is 12.3. The molecular weight excluding hydrogens is 410 g/mol. The number of benzene rings is 1. The number of carbonyl (C=O) groups is 3. The van der Waals surface area contributed by atoms with Gasteiger partial charge in [-0.15, -0.1) is 11.3 Å². The van der Waals surface area contributed by atoms with Crippen molar-refractivity contribution in [2.45, 2.75) is 33.1 Å². The van der Waals surface area contributed by atoms with Crippen LogP contribution in [-0.2, 0) is 22.4 Å². The lowest BCUT2D eigenvalue weighted by Gasteiger charge is -2.18. The fourth-order valence-corrected chi connectivity index (χ4v) is 4.95. The van der Waals surface area contributed by atoms with Crippen LogP contribution in [0.2, 0.25) is 0 Å². The maximum absolute atomic E-state index is 12.3. The molecule has 0 saturated carbocycles. The lowest BCUT2D eigenvalue weighted by Crippen LogP contribution is -2.23. The third kappa shape index (κ3) is 4.33. The van der Waals surface area contributed by atoms with Crippen LogP contribution in [0, 0.1) is 23.0 Å². The summed E-state index contributed by atoms with van der Waals surface area (Å²) in [6, 6.07) is 4.05. The number of amides is 2. The number of nitrogens with one attached hydrogen (secondary N) is 1. The first-order valence-corrected chi connectivity index (χ1v) is 10.2. The number of nitrogens with two attached hydrogens (primary N) is 1. The van der Waals surface area contributed by atoms with E-state index in [1.54, 1.807) is 0 Å². The topological polar surface area (TPSA) is 142 Å². The van der Waals surface area contributed by atoms with Crippen molar-refractivity contribution in [1.82, 2.24) is 0 Å². The SMILES string of the molecule is Cc1c(C(=O)OCC(=O)Nc2sc3c(c2C(N)=O)CCC(C)C3)cccc1[N+](=O)[O-]. The predicted molar refractivity (Wildman–Crippen MR) is 111 cm³/mol. The quantitative estimate of drug-likeness (QED) is 0.409. The van der Waals surface area contributed by atoms with Crippen molar-refractivity contribution < 1.29 is 24.0 Å². The van der Waals surface area contributed by atoms with E-state index in [2.05, 4.69) is 12.2 Å². The van der Waals surface area contributed by atoms with Crippen LogP contribution in [0.3, 0.4) is 0 Å². The van der Waals surface area contributed by atoms with Crippen molar-refractivity contribution in [1.29, 1.82) is 0 Å². The van der Waals surface area contributed by atoms with Gasteiger partial charge in [-0.05, 0) is 43.7 Å². The molecule has 30 heavy (non-hydrogen) atoms. The van der Waals surface area contributed by atoms with Gasteiger partial charge in [0.05, 0.1) is 16.1 Å². The Balaban J connectivity index is 1.70. The number of nitrogens with zero attached hydrogens (tertiary/aromatic N) is 1. The average molecular weight is 431 g/mol. The number of carbonyl (C=O) groups excluding carboxylic acids is 3. The molecule has 0 radical (unpaired) electrons. The highest BCUT2D eigenvalue weighted by atomic mass is 32.1. The molecule has 10 heteroatoms. The Bertz CT molecular complexity index is 1050. The van der Waals surface area contributed by atoms with Gasteiger partial charge in [-0.3, -0.25) is 19.7 Å². The fourth-order valence-electron chi connectivity index (χ4n) is 3.51. The Morgan fingerprint density at radius 2 is 2.10 bits per heavy atom. The molecule has 1 unspecified atom stereocenters. The molecular formula is C20H21N3O6S. The van der Waals surface area contributed by atoms with Gasteiger partial charge in [0.1, 0.15) is 5.00 Å². The molecule has 1 aliphatic rings. The summed E-state index contributed by atoms with van der Waals surface area (Å²) in [5, 5.41) is 14.0. The summed E-state index contributed by atoms with van der Waals surface area (Å²) >= 11 is 1.31. The molecule has 0 bridgehead atoms. The molecule has 3 N–H and O–H groups in total. The van der Waals surface area contributed by atoms with E-state index in [1.807, 2.05) is 0 Å². The standard InChI is InChI=1S/C20H21N3O6S/c1-10-6-7-13-15(8-10)30-19(17(13)18(21)25)22-16(24)9-29-20(26)12-4-3-5-14(11(12)2)23(27)28/h3-5,10H,6-9H2,1-2H3,(H2,21,25)(H,22,24). The molecule has 1 heterocycles. The Labute approximate surface area is 176 Å². The summed E-state index contributed by atoms with van der Waals surface area (Å²) < 4.78 is 5.01. The fraction of sp³-hybridized carbons (Fsp3) is 0.350. The number of hydrogen-bond acceptors (Lipinski definition) is 7. The molecule has 0 saturated heterocycles. The normalized spacial score (nSPS) is 15.2. The number of primary amides is 1. The third-order valence-corrected chi connectivity index (χ3v) is 6.24. The smallest absolute Gasteiger partial charge is 0.339 e. The first-order valence-electron chi connectivity index (χ1n) is 9.34. The van der Waals surface area contributed by atoms with Gasteiger partial charge in [-0.25, -0.2) is 4.79 Å². The summed E-state index contributed by atoms with van der Waals surface area (Å²) in [5.74, 6) is -1.59. The summed E-state index contributed by atoms with van der Waals surface area (Å²) in [6.07, 6.45) is 2.48. The summed E-state index contributed by atoms with van der Waals surface area (Å²) in [6.45, 7) is 2.96. The molecule has 0 aliphatic heterocycles. The first kappa shape index (κ1) is 21.4. The minimum atomic E-state index is -0.847. The Morgan fingerprint density at radius 3 is 2.77 bits per heavy atom. The third-order valence-electron chi connectivity index (χ3n) is 5.07. The largest absolute Gasteiger partial charge is 0.452 e. The molecule has 0 fully saturated rings. The van der Waals surface area contributed by atoms with Gasteiger partial charge < -0.3 is 15.8 Å². The Hall–Kier alpha value is -3.27. The summed E-state index contributed by atoms with van der Waals surface area (Å²) in [7, 11) is 0. The summed E-state index contributed by atoms with van der Waals surface area (Å²) in [5.41, 5.74) is 6.67. The molecule has 1 aromatic carbocycles. The highest BCUT2D eigenvalue weighted by Crippen LogP contribution is 2.39. The monoisotopic (exact) mass is 431 g/mol. The number of ether oxygens (including phenoxy) is 1. The average Bonchev–Trinajstić information content (AvgIpc) is 3.02. The van der Waals surface area contributed by atoms with E-state index in [0.717, 1.165) is 29.7 Å². The second-order valence-corrected chi connectivity index (χ2v) is 8.36. The van der Waals surface area contributed by atoms with Gasteiger partial charge in [0, 0.05) is 16.5 Å². The van der Waals surface area contributed by atoms with E-state index in [4.69, 9.17) is 10.5 Å². The maximum Gasteiger partial charge on any atom is 0.339 e. The number of anilines is 1. The lowest BCUT2D eigenvalue weighted by atomic mass is 9.88. The van der Waals surface area contributed by atoms with Crippen LogP contribution < -0.4 is 11.1 Å². The molecule has 2 aromatic rings. The number of nitro benzene ring substituents is 1. The van der Waals surface area contributed by atoms with Crippen LogP contribution >= 0.6 is 11.3 Å². The second-order valence-electron chi connectivity index (χ2n) is 7.25. The minimum absolute atomic E-state index is 0.00963. The van der Waals surface area contributed by atoms with Gasteiger partial charge in [-0.2, -0.15) is 0 Å². The summed E-state index contributed by atoms with van der Waals surface area (Å²) in [4.78, 5) is 48.0.